The van der Waals surface area contributed by atoms with Crippen molar-refractivity contribution in [2.24, 2.45) is 0 Å². The van der Waals surface area contributed by atoms with Crippen LogP contribution in [0, 0.1) is 5.82 Å². The normalized spacial score (nSPS) is 10.6. The third-order valence-corrected chi connectivity index (χ3v) is 3.25. The van der Waals surface area contributed by atoms with Crippen LogP contribution in [0.2, 0.25) is 0 Å². The summed E-state index contributed by atoms with van der Waals surface area (Å²) in [6.07, 6.45) is 0.827. The van der Waals surface area contributed by atoms with E-state index in [4.69, 9.17) is 0 Å². The molecule has 19 heavy (non-hydrogen) atoms. The van der Waals surface area contributed by atoms with Gasteiger partial charge in [-0.3, -0.25) is 4.79 Å². The van der Waals surface area contributed by atoms with Crippen LogP contribution < -0.4 is 0 Å². The monoisotopic (exact) mass is 250 g/mol. The topological polar surface area (TPSA) is 17.1 Å². The predicted molar refractivity (Wildman–Crippen MR) is 74.7 cm³/mol. The molecule has 0 amide bonds. The van der Waals surface area contributed by atoms with Gasteiger partial charge in [-0.05, 0) is 22.6 Å². The van der Waals surface area contributed by atoms with E-state index in [0.29, 0.717) is 10.9 Å². The van der Waals surface area contributed by atoms with Crippen molar-refractivity contribution >= 4 is 17.1 Å². The fourth-order valence-electron chi connectivity index (χ4n) is 2.34. The maximum absolute atomic E-state index is 13.8. The number of fused-ring (bicyclic) bond motifs is 1. The Hall–Kier alpha value is -2.48. The molecule has 0 saturated carbocycles. The lowest BCUT2D eigenvalue weighted by Crippen LogP contribution is -1.89. The highest BCUT2D eigenvalue weighted by Crippen LogP contribution is 2.31. The second kappa shape index (κ2) is 4.65. The molecule has 0 aliphatic rings. The number of halogens is 1. The van der Waals surface area contributed by atoms with E-state index >= 15 is 0 Å². The van der Waals surface area contributed by atoms with Crippen molar-refractivity contribution < 1.29 is 9.18 Å². The molecule has 0 saturated heterocycles. The number of hydrogen-bond donors (Lipinski definition) is 0. The first kappa shape index (κ1) is 11.6. The summed E-state index contributed by atoms with van der Waals surface area (Å²) >= 11 is 0. The molecule has 3 aromatic rings. The minimum Gasteiger partial charge on any atom is -0.298 e. The number of rotatable bonds is 2. The average Bonchev–Trinajstić information content (AvgIpc) is 2.48. The Balaban J connectivity index is 2.38. The minimum atomic E-state index is -0.247. The van der Waals surface area contributed by atoms with Crippen LogP contribution in [-0.2, 0) is 0 Å². The van der Waals surface area contributed by atoms with Gasteiger partial charge >= 0.3 is 0 Å². The first-order valence-electron chi connectivity index (χ1n) is 6.03. The molecule has 0 aromatic heterocycles. The molecule has 3 aromatic carbocycles. The Kier molecular flexibility index (Phi) is 2.84. The second-order valence-electron chi connectivity index (χ2n) is 4.35. The van der Waals surface area contributed by atoms with Crippen molar-refractivity contribution in [3.8, 4) is 11.1 Å². The van der Waals surface area contributed by atoms with Crippen molar-refractivity contribution in [1.29, 1.82) is 0 Å². The summed E-state index contributed by atoms with van der Waals surface area (Å²) < 4.78 is 13.8. The zero-order chi connectivity index (χ0) is 13.2. The summed E-state index contributed by atoms with van der Waals surface area (Å²) in [5.41, 5.74) is 2.31. The molecule has 0 heterocycles. The van der Waals surface area contributed by atoms with Crippen molar-refractivity contribution in [1.82, 2.24) is 0 Å². The van der Waals surface area contributed by atoms with Gasteiger partial charge in [0.1, 0.15) is 5.82 Å². The molecule has 3 rings (SSSR count). The Labute approximate surface area is 110 Å². The smallest absolute Gasteiger partial charge is 0.150 e. The standard InChI is InChI=1S/C17H11FO/c18-17-10-9-15(14-7-3-4-8-16(14)17)13-6-2-1-5-12(13)11-19/h1-11H. The van der Waals surface area contributed by atoms with Gasteiger partial charge in [-0.2, -0.15) is 0 Å². The molecule has 0 fully saturated rings. The Morgan fingerprint density at radius 3 is 2.21 bits per heavy atom. The van der Waals surface area contributed by atoms with Crippen LogP contribution >= 0.6 is 0 Å². The van der Waals surface area contributed by atoms with Crippen LogP contribution in [0.25, 0.3) is 21.9 Å². The third-order valence-electron chi connectivity index (χ3n) is 3.25. The molecular weight excluding hydrogens is 239 g/mol. The summed E-state index contributed by atoms with van der Waals surface area (Å²) in [7, 11) is 0. The zero-order valence-electron chi connectivity index (χ0n) is 10.1. The lowest BCUT2D eigenvalue weighted by Gasteiger charge is -2.09. The van der Waals surface area contributed by atoms with Gasteiger partial charge in [0, 0.05) is 10.9 Å². The molecule has 1 nitrogen and oxygen atoms in total. The van der Waals surface area contributed by atoms with Crippen LogP contribution in [0.15, 0.2) is 60.7 Å². The molecule has 0 aliphatic carbocycles. The van der Waals surface area contributed by atoms with E-state index < -0.39 is 0 Å². The number of aldehydes is 1. The molecule has 0 unspecified atom stereocenters. The Morgan fingerprint density at radius 2 is 1.42 bits per heavy atom. The number of carbonyl (C=O) groups excluding carboxylic acids is 1. The summed E-state index contributed by atoms with van der Waals surface area (Å²) in [5.74, 6) is -0.247. The predicted octanol–water partition coefficient (Wildman–Crippen LogP) is 4.46. The second-order valence-corrected chi connectivity index (χ2v) is 4.35. The van der Waals surface area contributed by atoms with Crippen molar-refractivity contribution in [2.75, 3.05) is 0 Å². The van der Waals surface area contributed by atoms with Gasteiger partial charge in [-0.1, -0.05) is 54.6 Å². The summed E-state index contributed by atoms with van der Waals surface area (Å²) in [6, 6.07) is 17.8. The van der Waals surface area contributed by atoms with Gasteiger partial charge < -0.3 is 0 Å². The van der Waals surface area contributed by atoms with Gasteiger partial charge in [-0.25, -0.2) is 4.39 Å². The molecule has 0 spiro atoms. The molecule has 0 N–H and O–H groups in total. The van der Waals surface area contributed by atoms with Crippen molar-refractivity contribution in [3.05, 3.63) is 72.0 Å². The third kappa shape index (κ3) is 1.91. The lowest BCUT2D eigenvalue weighted by atomic mass is 9.95. The van der Waals surface area contributed by atoms with Crippen molar-refractivity contribution in [3.63, 3.8) is 0 Å². The number of hydrogen-bond acceptors (Lipinski definition) is 1. The van der Waals surface area contributed by atoms with Crippen LogP contribution in [0.4, 0.5) is 4.39 Å². The molecule has 92 valence electrons. The van der Waals surface area contributed by atoms with Gasteiger partial charge in [0.2, 0.25) is 0 Å². The molecule has 2 heteroatoms. The van der Waals surface area contributed by atoms with Crippen molar-refractivity contribution in [2.45, 2.75) is 0 Å². The Bertz CT molecular complexity index is 762. The van der Waals surface area contributed by atoms with Crippen LogP contribution in [-0.4, -0.2) is 6.29 Å². The van der Waals surface area contributed by atoms with Crippen LogP contribution in [0.3, 0.4) is 0 Å². The zero-order valence-corrected chi connectivity index (χ0v) is 10.1. The summed E-state index contributed by atoms with van der Waals surface area (Å²) in [4.78, 5) is 11.1. The highest BCUT2D eigenvalue weighted by molar-refractivity contribution is 6.00. The van der Waals surface area contributed by atoms with Crippen LogP contribution in [0.5, 0.6) is 0 Å². The highest BCUT2D eigenvalue weighted by atomic mass is 19.1. The lowest BCUT2D eigenvalue weighted by molar-refractivity contribution is 0.112. The maximum atomic E-state index is 13.8. The largest absolute Gasteiger partial charge is 0.298 e. The van der Waals surface area contributed by atoms with Crippen LogP contribution in [0.1, 0.15) is 10.4 Å². The molecular formula is C17H11FO. The van der Waals surface area contributed by atoms with E-state index in [9.17, 15) is 9.18 Å². The highest BCUT2D eigenvalue weighted by Gasteiger charge is 2.09. The molecule has 0 radical (unpaired) electrons. The summed E-state index contributed by atoms with van der Waals surface area (Å²) in [5, 5.41) is 1.39. The van der Waals surface area contributed by atoms with Gasteiger partial charge in [0.15, 0.2) is 6.29 Å². The van der Waals surface area contributed by atoms with E-state index in [1.54, 1.807) is 24.3 Å². The van der Waals surface area contributed by atoms with E-state index in [2.05, 4.69) is 0 Å². The van der Waals surface area contributed by atoms with E-state index in [1.165, 1.54) is 6.07 Å². The SMILES string of the molecule is O=Cc1ccccc1-c1ccc(F)c2ccccc12. The first-order chi connectivity index (χ1) is 9.31. The fraction of sp³-hybridized carbons (Fsp3) is 0. The molecule has 0 bridgehead atoms. The van der Waals surface area contributed by atoms with E-state index in [1.807, 2.05) is 30.3 Å². The quantitative estimate of drug-likeness (QED) is 0.614. The number of benzene rings is 3. The minimum absolute atomic E-state index is 0.247. The first-order valence-corrected chi connectivity index (χ1v) is 6.03. The van der Waals surface area contributed by atoms with Gasteiger partial charge in [0.25, 0.3) is 0 Å². The van der Waals surface area contributed by atoms with E-state index in [-0.39, 0.29) is 5.82 Å². The van der Waals surface area contributed by atoms with Gasteiger partial charge in [-0.15, -0.1) is 0 Å². The summed E-state index contributed by atoms with van der Waals surface area (Å²) in [6.45, 7) is 0. The Morgan fingerprint density at radius 1 is 0.737 bits per heavy atom. The number of carbonyl (C=O) groups is 1. The molecule has 0 atom stereocenters. The van der Waals surface area contributed by atoms with Gasteiger partial charge in [0.05, 0.1) is 0 Å². The maximum Gasteiger partial charge on any atom is 0.150 e. The average molecular weight is 250 g/mol. The fourth-order valence-corrected chi connectivity index (χ4v) is 2.34. The van der Waals surface area contributed by atoms with E-state index in [0.717, 1.165) is 22.8 Å². The molecule has 0 aliphatic heterocycles.